The molecule has 2 fully saturated rings. The van der Waals surface area contributed by atoms with Gasteiger partial charge in [0.15, 0.2) is 0 Å². The van der Waals surface area contributed by atoms with Crippen LogP contribution in [0.3, 0.4) is 0 Å². The predicted molar refractivity (Wildman–Crippen MR) is 107 cm³/mol. The number of nitrogens with zero attached hydrogens (tertiary/aromatic N) is 1. The second-order valence-electron chi connectivity index (χ2n) is 7.46. The molecule has 2 N–H and O–H groups in total. The molecule has 148 valence electrons. The molecule has 1 atom stereocenters. The van der Waals surface area contributed by atoms with E-state index in [9.17, 15) is 9.59 Å². The molecule has 0 spiro atoms. The lowest BCUT2D eigenvalue weighted by molar-refractivity contribution is -0.128. The Labute approximate surface area is 168 Å². The Morgan fingerprint density at radius 2 is 1.89 bits per heavy atom. The maximum Gasteiger partial charge on any atom is 0.270 e. The second-order valence-corrected chi connectivity index (χ2v) is 8.35. The van der Waals surface area contributed by atoms with Gasteiger partial charge in [-0.2, -0.15) is 0 Å². The zero-order valence-electron chi connectivity index (χ0n) is 15.7. The molecule has 0 bridgehead atoms. The summed E-state index contributed by atoms with van der Waals surface area (Å²) >= 11 is 1.43. The van der Waals surface area contributed by atoms with Crippen LogP contribution >= 0.6 is 11.3 Å². The van der Waals surface area contributed by atoms with Crippen LogP contribution in [0, 0.1) is 5.92 Å². The summed E-state index contributed by atoms with van der Waals surface area (Å²) in [6.45, 7) is 1.26. The van der Waals surface area contributed by atoms with Crippen molar-refractivity contribution in [2.75, 3.05) is 13.2 Å². The van der Waals surface area contributed by atoms with Gasteiger partial charge in [0.1, 0.15) is 10.7 Å². The van der Waals surface area contributed by atoms with Gasteiger partial charge in [-0.25, -0.2) is 4.98 Å². The van der Waals surface area contributed by atoms with Crippen molar-refractivity contribution < 1.29 is 14.3 Å². The van der Waals surface area contributed by atoms with Crippen LogP contribution < -0.4 is 10.6 Å². The van der Waals surface area contributed by atoms with E-state index in [0.717, 1.165) is 36.3 Å². The van der Waals surface area contributed by atoms with E-state index >= 15 is 0 Å². The van der Waals surface area contributed by atoms with E-state index < -0.39 is 0 Å². The first-order valence-corrected chi connectivity index (χ1v) is 10.8. The number of thiazole rings is 1. The summed E-state index contributed by atoms with van der Waals surface area (Å²) in [6, 6.07) is 10.1. The maximum absolute atomic E-state index is 12.8. The Kier molecular flexibility index (Phi) is 6.02. The fraction of sp³-hybridized carbons (Fsp3) is 0.476. The van der Waals surface area contributed by atoms with Crippen molar-refractivity contribution in [3.63, 3.8) is 0 Å². The molecule has 1 aromatic heterocycles. The van der Waals surface area contributed by atoms with Crippen molar-refractivity contribution in [2.45, 2.75) is 44.2 Å². The highest BCUT2D eigenvalue weighted by molar-refractivity contribution is 7.09. The number of carbonyl (C=O) groups is 2. The second kappa shape index (κ2) is 8.84. The topological polar surface area (TPSA) is 80.3 Å². The summed E-state index contributed by atoms with van der Waals surface area (Å²) in [5, 5.41) is 8.70. The molecule has 0 unspecified atom stereocenters. The van der Waals surface area contributed by atoms with Crippen LogP contribution in [0.25, 0.3) is 0 Å². The molecule has 1 saturated heterocycles. The van der Waals surface area contributed by atoms with Crippen molar-refractivity contribution in [1.82, 2.24) is 15.6 Å². The Morgan fingerprint density at radius 1 is 1.14 bits per heavy atom. The van der Waals surface area contributed by atoms with Crippen LogP contribution in [0.5, 0.6) is 0 Å². The molecular weight excluding hydrogens is 374 g/mol. The fourth-order valence-corrected chi connectivity index (χ4v) is 4.19. The van der Waals surface area contributed by atoms with Gasteiger partial charge >= 0.3 is 0 Å². The summed E-state index contributed by atoms with van der Waals surface area (Å²) in [7, 11) is 0. The Bertz CT molecular complexity index is 813. The molecule has 2 aliphatic rings. The summed E-state index contributed by atoms with van der Waals surface area (Å²) in [6.07, 6.45) is 4.22. The minimum Gasteiger partial charge on any atom is -0.381 e. The van der Waals surface area contributed by atoms with Crippen LogP contribution in [-0.2, 0) is 16.0 Å². The molecule has 7 heteroatoms. The van der Waals surface area contributed by atoms with Crippen molar-refractivity contribution in [3.05, 3.63) is 52.0 Å². The van der Waals surface area contributed by atoms with Crippen molar-refractivity contribution in [1.29, 1.82) is 0 Å². The molecule has 1 saturated carbocycles. The SMILES string of the molecule is O=C(NC1CC1)c1csc([C@H](Cc2ccccc2)NC(=O)C2CCOCC2)n1. The number of ether oxygens (including phenoxy) is 1. The molecule has 1 aliphatic carbocycles. The third kappa shape index (κ3) is 4.97. The smallest absolute Gasteiger partial charge is 0.270 e. The van der Waals surface area contributed by atoms with E-state index in [1.54, 1.807) is 5.38 Å². The zero-order valence-corrected chi connectivity index (χ0v) is 16.5. The van der Waals surface area contributed by atoms with Crippen molar-refractivity contribution >= 4 is 23.2 Å². The first-order chi connectivity index (χ1) is 13.7. The molecule has 6 nitrogen and oxygen atoms in total. The number of nitrogens with one attached hydrogen (secondary N) is 2. The Balaban J connectivity index is 1.49. The molecule has 4 rings (SSSR count). The lowest BCUT2D eigenvalue weighted by atomic mass is 9.98. The van der Waals surface area contributed by atoms with E-state index in [1.807, 2.05) is 30.3 Å². The lowest BCUT2D eigenvalue weighted by Gasteiger charge is -2.24. The van der Waals surface area contributed by atoms with Gasteiger partial charge < -0.3 is 15.4 Å². The highest BCUT2D eigenvalue weighted by atomic mass is 32.1. The highest BCUT2D eigenvalue weighted by Crippen LogP contribution is 2.25. The molecule has 2 heterocycles. The van der Waals surface area contributed by atoms with Crippen LogP contribution in [0.2, 0.25) is 0 Å². The third-order valence-electron chi connectivity index (χ3n) is 5.16. The van der Waals surface area contributed by atoms with Gasteiger partial charge in [0, 0.05) is 30.6 Å². The number of hydrogen-bond acceptors (Lipinski definition) is 5. The normalized spacial score (nSPS) is 18.4. The Morgan fingerprint density at radius 3 is 2.61 bits per heavy atom. The maximum atomic E-state index is 12.8. The van der Waals surface area contributed by atoms with E-state index in [0.29, 0.717) is 31.4 Å². The fourth-order valence-electron chi connectivity index (χ4n) is 3.34. The standard InChI is InChI=1S/C21H25N3O3S/c25-19(15-8-10-27-11-9-15)23-17(12-14-4-2-1-3-5-14)21-24-18(13-28-21)20(26)22-16-6-7-16/h1-5,13,15-17H,6-12H2,(H,22,26)(H,23,25)/t17-/m0/s1. The quantitative estimate of drug-likeness (QED) is 0.750. The predicted octanol–water partition coefficient (Wildman–Crippen LogP) is 2.86. The van der Waals surface area contributed by atoms with E-state index in [-0.39, 0.29) is 23.8 Å². The lowest BCUT2D eigenvalue weighted by Crippen LogP contribution is -2.37. The van der Waals surface area contributed by atoms with Gasteiger partial charge in [-0.1, -0.05) is 30.3 Å². The highest BCUT2D eigenvalue weighted by Gasteiger charge is 2.28. The summed E-state index contributed by atoms with van der Waals surface area (Å²) in [4.78, 5) is 29.6. The summed E-state index contributed by atoms with van der Waals surface area (Å²) in [5.41, 5.74) is 1.56. The average molecular weight is 400 g/mol. The number of aromatic nitrogens is 1. The van der Waals surface area contributed by atoms with Crippen LogP contribution in [0.4, 0.5) is 0 Å². The molecule has 28 heavy (non-hydrogen) atoms. The molecular formula is C21H25N3O3S. The van der Waals surface area contributed by atoms with Gasteiger partial charge in [-0.3, -0.25) is 9.59 Å². The third-order valence-corrected chi connectivity index (χ3v) is 6.11. The average Bonchev–Trinajstić information content (AvgIpc) is 3.40. The molecule has 0 radical (unpaired) electrons. The van der Waals surface area contributed by atoms with Gasteiger partial charge in [-0.15, -0.1) is 11.3 Å². The number of rotatable bonds is 7. The van der Waals surface area contributed by atoms with Gasteiger partial charge in [0.25, 0.3) is 5.91 Å². The Hall–Kier alpha value is -2.25. The number of benzene rings is 1. The van der Waals surface area contributed by atoms with Crippen LogP contribution in [0.1, 0.15) is 52.8 Å². The van der Waals surface area contributed by atoms with Gasteiger partial charge in [-0.05, 0) is 37.7 Å². The van der Waals surface area contributed by atoms with Gasteiger partial charge in [0.05, 0.1) is 6.04 Å². The summed E-state index contributed by atoms with van der Waals surface area (Å²) in [5.74, 6) is -0.104. The number of amides is 2. The first kappa shape index (κ1) is 19.1. The van der Waals surface area contributed by atoms with E-state index in [4.69, 9.17) is 4.74 Å². The monoisotopic (exact) mass is 399 g/mol. The number of hydrogen-bond donors (Lipinski definition) is 2. The number of carbonyl (C=O) groups excluding carboxylic acids is 2. The van der Waals surface area contributed by atoms with Crippen LogP contribution in [0.15, 0.2) is 35.7 Å². The minimum absolute atomic E-state index is 0.0235. The van der Waals surface area contributed by atoms with Crippen molar-refractivity contribution in [3.8, 4) is 0 Å². The minimum atomic E-state index is -0.245. The largest absolute Gasteiger partial charge is 0.381 e. The van der Waals surface area contributed by atoms with Crippen molar-refractivity contribution in [2.24, 2.45) is 5.92 Å². The summed E-state index contributed by atoms with van der Waals surface area (Å²) < 4.78 is 5.37. The molecule has 1 aromatic carbocycles. The zero-order chi connectivity index (χ0) is 19.3. The molecule has 2 aromatic rings. The van der Waals surface area contributed by atoms with E-state index in [2.05, 4.69) is 15.6 Å². The first-order valence-electron chi connectivity index (χ1n) is 9.87. The molecule has 1 aliphatic heterocycles. The van der Waals surface area contributed by atoms with Gasteiger partial charge in [0.2, 0.25) is 5.91 Å². The van der Waals surface area contributed by atoms with Crippen LogP contribution in [-0.4, -0.2) is 36.1 Å². The molecule has 2 amide bonds. The van der Waals surface area contributed by atoms with E-state index in [1.165, 1.54) is 11.3 Å².